The number of hydrogen-bond acceptors (Lipinski definition) is 6. The van der Waals surface area contributed by atoms with Gasteiger partial charge in [-0.15, -0.1) is 15.3 Å². The van der Waals surface area contributed by atoms with Gasteiger partial charge in [-0.1, -0.05) is 35.6 Å². The molecule has 1 amide bonds. The molecule has 0 aliphatic heterocycles. The molecule has 4 aromatic rings. The van der Waals surface area contributed by atoms with E-state index in [0.717, 1.165) is 11.1 Å². The number of hydrogen-bond donors (Lipinski definition) is 1. The van der Waals surface area contributed by atoms with Crippen molar-refractivity contribution in [3.8, 4) is 11.4 Å². The van der Waals surface area contributed by atoms with Crippen molar-refractivity contribution in [2.75, 3.05) is 5.32 Å². The normalized spacial score (nSPS) is 11.0. The smallest absolute Gasteiger partial charge is 0.293 e. The molecule has 0 radical (unpaired) electrons. The second-order valence-electron chi connectivity index (χ2n) is 4.87. The van der Waals surface area contributed by atoms with E-state index in [2.05, 4.69) is 20.6 Å². The highest BCUT2D eigenvalue weighted by atomic mass is 32.1. The highest BCUT2D eigenvalue weighted by molar-refractivity contribution is 7.20. The van der Waals surface area contributed by atoms with Crippen molar-refractivity contribution in [3.63, 3.8) is 0 Å². The Morgan fingerprint density at radius 1 is 1.22 bits per heavy atom. The summed E-state index contributed by atoms with van der Waals surface area (Å²) in [5.41, 5.74) is 2.03. The zero-order valence-electron chi connectivity index (χ0n) is 12.1. The quantitative estimate of drug-likeness (QED) is 0.626. The summed E-state index contributed by atoms with van der Waals surface area (Å²) in [6.45, 7) is 2.00. The van der Waals surface area contributed by atoms with Gasteiger partial charge in [0, 0.05) is 5.56 Å². The molecule has 3 heterocycles. The molecule has 0 saturated carbocycles. The van der Waals surface area contributed by atoms with Gasteiger partial charge in [0.25, 0.3) is 5.91 Å². The summed E-state index contributed by atoms with van der Waals surface area (Å²) >= 11 is 1.25. The molecule has 23 heavy (non-hydrogen) atoms. The molecule has 7 nitrogen and oxygen atoms in total. The number of rotatable bonds is 3. The van der Waals surface area contributed by atoms with E-state index < -0.39 is 0 Å². The summed E-state index contributed by atoms with van der Waals surface area (Å²) in [7, 11) is 0. The van der Waals surface area contributed by atoms with Crippen LogP contribution < -0.4 is 5.32 Å². The molecule has 1 N–H and O–H groups in total. The van der Waals surface area contributed by atoms with E-state index in [1.165, 1.54) is 17.6 Å². The molecule has 0 fully saturated rings. The van der Waals surface area contributed by atoms with Gasteiger partial charge in [-0.25, -0.2) is 0 Å². The third-order valence-corrected chi connectivity index (χ3v) is 4.16. The molecule has 0 unspecified atom stereocenters. The number of amides is 1. The second-order valence-corrected chi connectivity index (χ2v) is 5.83. The minimum atomic E-state index is -0.350. The van der Waals surface area contributed by atoms with E-state index in [1.807, 2.05) is 31.2 Å². The summed E-state index contributed by atoms with van der Waals surface area (Å²) in [6, 6.07) is 11.1. The minimum absolute atomic E-state index is 0.232. The highest BCUT2D eigenvalue weighted by Gasteiger charge is 2.17. The topological polar surface area (TPSA) is 85.3 Å². The Kier molecular flexibility index (Phi) is 3.16. The van der Waals surface area contributed by atoms with Crippen LogP contribution >= 0.6 is 11.3 Å². The molecule has 8 heteroatoms. The largest absolute Gasteiger partial charge is 0.459 e. The third kappa shape index (κ3) is 2.38. The Balaban J connectivity index is 1.70. The first-order valence-corrected chi connectivity index (χ1v) is 7.67. The number of anilines is 1. The maximum absolute atomic E-state index is 12.0. The van der Waals surface area contributed by atoms with Crippen molar-refractivity contribution in [1.29, 1.82) is 0 Å². The van der Waals surface area contributed by atoms with Crippen molar-refractivity contribution in [2.24, 2.45) is 0 Å². The molecule has 0 bridgehead atoms. The first kappa shape index (κ1) is 13.6. The first-order valence-electron chi connectivity index (χ1n) is 6.85. The fourth-order valence-corrected chi connectivity index (χ4v) is 2.96. The number of aryl methyl sites for hydroxylation is 1. The van der Waals surface area contributed by atoms with Crippen LogP contribution in [0.1, 0.15) is 16.1 Å². The van der Waals surface area contributed by atoms with Gasteiger partial charge >= 0.3 is 0 Å². The molecule has 0 aliphatic carbocycles. The lowest BCUT2D eigenvalue weighted by molar-refractivity contribution is 0.0996. The molecule has 0 spiro atoms. The van der Waals surface area contributed by atoms with Crippen LogP contribution in [0.25, 0.3) is 16.3 Å². The van der Waals surface area contributed by atoms with Crippen LogP contribution in [0, 0.1) is 6.92 Å². The van der Waals surface area contributed by atoms with Crippen molar-refractivity contribution >= 4 is 27.3 Å². The summed E-state index contributed by atoms with van der Waals surface area (Å²) in [4.78, 5) is 12.6. The van der Waals surface area contributed by atoms with E-state index >= 15 is 0 Å². The van der Waals surface area contributed by atoms with Gasteiger partial charge in [0.1, 0.15) is 0 Å². The van der Waals surface area contributed by atoms with Gasteiger partial charge in [0.2, 0.25) is 10.1 Å². The molecule has 3 aromatic heterocycles. The Morgan fingerprint density at radius 2 is 2.09 bits per heavy atom. The van der Waals surface area contributed by atoms with E-state index in [-0.39, 0.29) is 11.7 Å². The number of benzene rings is 1. The zero-order chi connectivity index (χ0) is 15.8. The molecule has 0 atom stereocenters. The molecule has 114 valence electrons. The fraction of sp³-hybridized carbons (Fsp3) is 0.0667. The second kappa shape index (κ2) is 5.33. The van der Waals surface area contributed by atoms with Gasteiger partial charge in [-0.3, -0.25) is 10.1 Å². The third-order valence-electron chi connectivity index (χ3n) is 3.34. The Morgan fingerprint density at radius 3 is 2.87 bits per heavy atom. The highest BCUT2D eigenvalue weighted by Crippen LogP contribution is 2.26. The molecular formula is C15H11N5O2S. The number of aromatic nitrogens is 4. The van der Waals surface area contributed by atoms with Crippen molar-refractivity contribution in [2.45, 2.75) is 6.92 Å². The Labute approximate surface area is 134 Å². The van der Waals surface area contributed by atoms with Crippen molar-refractivity contribution in [3.05, 3.63) is 54.0 Å². The van der Waals surface area contributed by atoms with E-state index in [9.17, 15) is 4.79 Å². The predicted octanol–water partition coefficient (Wildman–Crippen LogP) is 3.01. The Hall–Kier alpha value is -3.00. The van der Waals surface area contributed by atoms with Crippen molar-refractivity contribution in [1.82, 2.24) is 19.8 Å². The number of carbonyl (C=O) groups is 1. The maximum atomic E-state index is 12.0. The van der Waals surface area contributed by atoms with E-state index in [1.54, 1.807) is 16.6 Å². The van der Waals surface area contributed by atoms with Crippen LogP contribution in [0.4, 0.5) is 5.13 Å². The van der Waals surface area contributed by atoms with Gasteiger partial charge < -0.3 is 4.42 Å². The van der Waals surface area contributed by atoms with Crippen LogP contribution in [-0.4, -0.2) is 25.7 Å². The van der Waals surface area contributed by atoms with Gasteiger partial charge in [0.15, 0.2) is 11.6 Å². The average molecular weight is 325 g/mol. The monoisotopic (exact) mass is 325 g/mol. The molecule has 4 rings (SSSR count). The van der Waals surface area contributed by atoms with Crippen LogP contribution in [0.5, 0.6) is 0 Å². The average Bonchev–Trinajstić information content (AvgIpc) is 3.24. The number of fused-ring (bicyclic) bond motifs is 1. The zero-order valence-corrected chi connectivity index (χ0v) is 12.9. The van der Waals surface area contributed by atoms with Gasteiger partial charge in [-0.2, -0.15) is 4.52 Å². The predicted molar refractivity (Wildman–Crippen MR) is 85.5 cm³/mol. The number of nitrogens with zero attached hydrogens (tertiary/aromatic N) is 4. The number of nitrogens with one attached hydrogen (secondary N) is 1. The lowest BCUT2D eigenvalue weighted by Gasteiger charge is -2.01. The fourth-order valence-electron chi connectivity index (χ4n) is 2.23. The van der Waals surface area contributed by atoms with Gasteiger partial charge in [0.05, 0.1) is 6.26 Å². The summed E-state index contributed by atoms with van der Waals surface area (Å²) in [6.07, 6.45) is 1.45. The lowest BCUT2D eigenvalue weighted by Crippen LogP contribution is -2.10. The van der Waals surface area contributed by atoms with E-state index in [4.69, 9.17) is 4.42 Å². The summed E-state index contributed by atoms with van der Waals surface area (Å²) in [5.74, 6) is 0.528. The lowest BCUT2D eigenvalue weighted by atomic mass is 10.1. The molecular weight excluding hydrogens is 314 g/mol. The first-order chi connectivity index (χ1) is 11.2. The van der Waals surface area contributed by atoms with Crippen molar-refractivity contribution < 1.29 is 9.21 Å². The minimum Gasteiger partial charge on any atom is -0.459 e. The van der Waals surface area contributed by atoms with Crippen LogP contribution in [0.15, 0.2) is 47.1 Å². The summed E-state index contributed by atoms with van der Waals surface area (Å²) < 4.78 is 6.69. The maximum Gasteiger partial charge on any atom is 0.293 e. The molecule has 0 aliphatic rings. The molecule has 1 aromatic carbocycles. The standard InChI is InChI=1S/C15H11N5O2S/c1-9-5-2-3-6-10(9)12-17-18-15-20(12)19-14(23-15)16-13(21)11-7-4-8-22-11/h2-8H,1H3,(H,16,19,21). The van der Waals surface area contributed by atoms with Crippen LogP contribution in [-0.2, 0) is 0 Å². The van der Waals surface area contributed by atoms with Crippen LogP contribution in [0.2, 0.25) is 0 Å². The number of carbonyl (C=O) groups excluding carboxylic acids is 1. The number of furan rings is 1. The van der Waals surface area contributed by atoms with E-state index in [0.29, 0.717) is 15.9 Å². The summed E-state index contributed by atoms with van der Waals surface area (Å²) in [5, 5.41) is 15.8. The Bertz CT molecular complexity index is 987. The SMILES string of the molecule is Cc1ccccc1-c1nnc2sc(NC(=O)c3ccco3)nn12. The molecule has 0 saturated heterocycles. The van der Waals surface area contributed by atoms with Gasteiger partial charge in [-0.05, 0) is 24.6 Å². The van der Waals surface area contributed by atoms with Crippen LogP contribution in [0.3, 0.4) is 0 Å².